The van der Waals surface area contributed by atoms with Crippen LogP contribution in [0.25, 0.3) is 0 Å². The lowest BCUT2D eigenvalue weighted by molar-refractivity contribution is 0.570. The van der Waals surface area contributed by atoms with Crippen molar-refractivity contribution in [1.29, 1.82) is 0 Å². The Morgan fingerprint density at radius 2 is 1.72 bits per heavy atom. The van der Waals surface area contributed by atoms with E-state index in [1.807, 2.05) is 0 Å². The Morgan fingerprint density at radius 1 is 1.04 bits per heavy atom. The van der Waals surface area contributed by atoms with Gasteiger partial charge in [0.15, 0.2) is 0 Å². The smallest absolute Gasteiger partial charge is 0.0233 e. The lowest BCUT2D eigenvalue weighted by Gasteiger charge is -2.15. The first-order valence-electron chi connectivity index (χ1n) is 9.56. The molecular formula is C25H32. The van der Waals surface area contributed by atoms with Gasteiger partial charge in [-0.05, 0) is 75.1 Å². The number of allylic oxidation sites excluding steroid dienone is 5. The molecule has 0 heterocycles. The van der Waals surface area contributed by atoms with Crippen molar-refractivity contribution in [3.63, 3.8) is 0 Å². The van der Waals surface area contributed by atoms with E-state index in [2.05, 4.69) is 82.5 Å². The summed E-state index contributed by atoms with van der Waals surface area (Å²) in [5.41, 5.74) is 6.72. The van der Waals surface area contributed by atoms with Crippen molar-refractivity contribution in [3.05, 3.63) is 70.8 Å². The van der Waals surface area contributed by atoms with E-state index in [0.717, 1.165) is 19.3 Å². The minimum absolute atomic E-state index is 0.0672. The fourth-order valence-corrected chi connectivity index (χ4v) is 2.87. The predicted octanol–water partition coefficient (Wildman–Crippen LogP) is 6.82. The second-order valence-corrected chi connectivity index (χ2v) is 8.08. The summed E-state index contributed by atoms with van der Waals surface area (Å²) in [6.07, 6.45) is 11.1. The van der Waals surface area contributed by atoms with Crippen LogP contribution in [0.1, 0.15) is 64.5 Å². The summed E-state index contributed by atoms with van der Waals surface area (Å²) < 4.78 is 0. The van der Waals surface area contributed by atoms with Crippen LogP contribution in [0, 0.1) is 17.3 Å². The average molecular weight is 333 g/mol. The molecule has 0 spiro atoms. The molecule has 0 fully saturated rings. The topological polar surface area (TPSA) is 0 Å². The van der Waals surface area contributed by atoms with Crippen molar-refractivity contribution in [2.24, 2.45) is 5.41 Å². The molecule has 0 amide bonds. The second-order valence-electron chi connectivity index (χ2n) is 8.08. The molecule has 0 saturated heterocycles. The molecule has 0 saturated carbocycles. The van der Waals surface area contributed by atoms with Crippen LogP contribution < -0.4 is 0 Å². The predicted molar refractivity (Wildman–Crippen MR) is 111 cm³/mol. The second kappa shape index (κ2) is 8.91. The van der Waals surface area contributed by atoms with Gasteiger partial charge in [-0.15, -0.1) is 0 Å². The highest BCUT2D eigenvalue weighted by molar-refractivity contribution is 5.44. The van der Waals surface area contributed by atoms with Crippen LogP contribution in [0.3, 0.4) is 0 Å². The number of unbranched alkanes of at least 4 members (excludes halogenated alkanes) is 1. The molecule has 1 aliphatic rings. The van der Waals surface area contributed by atoms with E-state index < -0.39 is 0 Å². The molecule has 2 rings (SSSR count). The third-order valence-corrected chi connectivity index (χ3v) is 4.46. The lowest BCUT2D eigenvalue weighted by atomic mass is 9.90. The van der Waals surface area contributed by atoms with Crippen LogP contribution in [0.5, 0.6) is 0 Å². The summed E-state index contributed by atoms with van der Waals surface area (Å²) in [6, 6.07) is 9.06. The van der Waals surface area contributed by atoms with E-state index in [4.69, 9.17) is 0 Å². The largest absolute Gasteiger partial charge is 0.0952 e. The molecule has 1 aromatic rings. The fourth-order valence-electron chi connectivity index (χ4n) is 2.87. The van der Waals surface area contributed by atoms with Gasteiger partial charge >= 0.3 is 0 Å². The first-order chi connectivity index (χ1) is 11.9. The third-order valence-electron chi connectivity index (χ3n) is 4.46. The van der Waals surface area contributed by atoms with E-state index in [9.17, 15) is 0 Å². The minimum atomic E-state index is 0.0672. The van der Waals surface area contributed by atoms with Gasteiger partial charge in [0, 0.05) is 11.0 Å². The number of benzene rings is 1. The molecule has 0 N–H and O–H groups in total. The zero-order valence-electron chi connectivity index (χ0n) is 16.4. The zero-order chi connectivity index (χ0) is 18.3. The fraction of sp³-hybridized carbons (Fsp3) is 0.440. The van der Waals surface area contributed by atoms with Crippen LogP contribution in [0.2, 0.25) is 0 Å². The van der Waals surface area contributed by atoms with Gasteiger partial charge < -0.3 is 0 Å². The Labute approximate surface area is 154 Å². The summed E-state index contributed by atoms with van der Waals surface area (Å²) in [7, 11) is 0. The van der Waals surface area contributed by atoms with Gasteiger partial charge in [-0.1, -0.05) is 68.2 Å². The normalized spacial score (nSPS) is 14.2. The van der Waals surface area contributed by atoms with Gasteiger partial charge in [0.1, 0.15) is 0 Å². The van der Waals surface area contributed by atoms with Gasteiger partial charge in [0.05, 0.1) is 0 Å². The number of hydrogen-bond donors (Lipinski definition) is 0. The van der Waals surface area contributed by atoms with Gasteiger partial charge in [-0.2, -0.15) is 0 Å². The Balaban J connectivity index is 1.96. The standard InChI is InChI=1S/C25H32/c1-6-7-8-21-9-11-23(12-10-21)19-20(2)24-15-13-22(14-16-24)17-18-25(3,4)5/h9-13,15H,2,6-8,14,16,19H2,1,3-5H3. The molecule has 132 valence electrons. The van der Waals surface area contributed by atoms with Crippen molar-refractivity contribution in [1.82, 2.24) is 0 Å². The third kappa shape index (κ3) is 6.79. The molecule has 25 heavy (non-hydrogen) atoms. The summed E-state index contributed by atoms with van der Waals surface area (Å²) in [4.78, 5) is 0. The van der Waals surface area contributed by atoms with Crippen LogP contribution in [-0.2, 0) is 12.8 Å². The monoisotopic (exact) mass is 332 g/mol. The molecule has 0 aromatic heterocycles. The van der Waals surface area contributed by atoms with Crippen molar-refractivity contribution in [3.8, 4) is 11.8 Å². The molecule has 0 radical (unpaired) electrons. The maximum Gasteiger partial charge on any atom is 0.0233 e. The van der Waals surface area contributed by atoms with Gasteiger partial charge in [0.25, 0.3) is 0 Å². The van der Waals surface area contributed by atoms with E-state index in [1.165, 1.54) is 47.1 Å². The quantitative estimate of drug-likeness (QED) is 0.501. The summed E-state index contributed by atoms with van der Waals surface area (Å²) >= 11 is 0. The maximum atomic E-state index is 4.32. The Morgan fingerprint density at radius 3 is 2.28 bits per heavy atom. The van der Waals surface area contributed by atoms with E-state index in [-0.39, 0.29) is 5.41 Å². The Hall–Kier alpha value is -2.00. The molecule has 0 unspecified atom stereocenters. The van der Waals surface area contributed by atoms with Crippen molar-refractivity contribution < 1.29 is 0 Å². The van der Waals surface area contributed by atoms with Gasteiger partial charge in [0.2, 0.25) is 0 Å². The molecule has 1 aliphatic carbocycles. The minimum Gasteiger partial charge on any atom is -0.0952 e. The van der Waals surface area contributed by atoms with Crippen LogP contribution in [0.15, 0.2) is 59.7 Å². The number of rotatable bonds is 6. The highest BCUT2D eigenvalue weighted by Crippen LogP contribution is 2.26. The van der Waals surface area contributed by atoms with E-state index in [1.54, 1.807) is 0 Å². The van der Waals surface area contributed by atoms with Crippen LogP contribution >= 0.6 is 0 Å². The van der Waals surface area contributed by atoms with Crippen molar-refractivity contribution in [2.45, 2.75) is 66.2 Å². The van der Waals surface area contributed by atoms with E-state index >= 15 is 0 Å². The lowest BCUT2D eigenvalue weighted by Crippen LogP contribution is -2.01. The highest BCUT2D eigenvalue weighted by Gasteiger charge is 2.10. The van der Waals surface area contributed by atoms with Crippen LogP contribution in [-0.4, -0.2) is 0 Å². The first kappa shape index (κ1) is 19.3. The molecule has 0 aliphatic heterocycles. The zero-order valence-corrected chi connectivity index (χ0v) is 16.4. The molecule has 0 bridgehead atoms. The number of hydrogen-bond acceptors (Lipinski definition) is 0. The van der Waals surface area contributed by atoms with Crippen LogP contribution in [0.4, 0.5) is 0 Å². The molecule has 1 aromatic carbocycles. The number of aryl methyl sites for hydroxylation is 1. The molecule has 0 heteroatoms. The summed E-state index contributed by atoms with van der Waals surface area (Å²) in [6.45, 7) is 13.0. The first-order valence-corrected chi connectivity index (χ1v) is 9.56. The van der Waals surface area contributed by atoms with Gasteiger partial charge in [-0.3, -0.25) is 0 Å². The average Bonchev–Trinajstić information content (AvgIpc) is 2.59. The van der Waals surface area contributed by atoms with Crippen molar-refractivity contribution in [2.75, 3.05) is 0 Å². The molecule has 0 atom stereocenters. The molecule has 0 nitrogen and oxygen atoms in total. The Bertz CT molecular complexity index is 706. The molecular weight excluding hydrogens is 300 g/mol. The summed E-state index contributed by atoms with van der Waals surface area (Å²) in [5.74, 6) is 6.66. The summed E-state index contributed by atoms with van der Waals surface area (Å²) in [5, 5.41) is 0. The maximum absolute atomic E-state index is 4.32. The highest BCUT2D eigenvalue weighted by atomic mass is 14.1. The Kier molecular flexibility index (Phi) is 6.89. The van der Waals surface area contributed by atoms with Gasteiger partial charge in [-0.25, -0.2) is 0 Å². The SMILES string of the molecule is C=C(Cc1ccc(CCCC)cc1)C1=CC=C(C#CC(C)(C)C)CC1. The van der Waals surface area contributed by atoms with E-state index in [0.29, 0.717) is 0 Å². The van der Waals surface area contributed by atoms with Crippen molar-refractivity contribution >= 4 is 0 Å².